The minimum atomic E-state index is -0.315. The molecule has 6 nitrogen and oxygen atoms in total. The van der Waals surface area contributed by atoms with Gasteiger partial charge in [0.2, 0.25) is 5.91 Å². The second-order valence-corrected chi connectivity index (χ2v) is 4.63. The molecule has 17 heavy (non-hydrogen) atoms. The van der Waals surface area contributed by atoms with E-state index in [9.17, 15) is 4.79 Å². The number of rotatable bonds is 5. The number of nitrogens with one attached hydrogen (secondary N) is 1. The van der Waals surface area contributed by atoms with Crippen molar-refractivity contribution in [1.29, 1.82) is 0 Å². The van der Waals surface area contributed by atoms with Gasteiger partial charge in [0.1, 0.15) is 6.04 Å². The van der Waals surface area contributed by atoms with E-state index < -0.39 is 0 Å². The topological polar surface area (TPSA) is 63.1 Å². The lowest BCUT2D eigenvalue weighted by atomic mass is 10.3. The van der Waals surface area contributed by atoms with Crippen LogP contribution in [-0.4, -0.2) is 45.9 Å². The lowest BCUT2D eigenvalue weighted by molar-refractivity contribution is -0.132. The molecular formula is C11H21N5O. The summed E-state index contributed by atoms with van der Waals surface area (Å²) in [4.78, 5) is 13.3. The zero-order valence-corrected chi connectivity index (χ0v) is 11.1. The zero-order chi connectivity index (χ0) is 13.0. The summed E-state index contributed by atoms with van der Waals surface area (Å²) in [7, 11) is 3.47. The van der Waals surface area contributed by atoms with Crippen LogP contribution in [0.5, 0.6) is 0 Å². The fourth-order valence-corrected chi connectivity index (χ4v) is 1.38. The normalized spacial score (nSPS) is 12.8. The minimum Gasteiger partial charge on any atom is -0.347 e. The molecule has 0 aliphatic heterocycles. The van der Waals surface area contributed by atoms with E-state index in [1.807, 2.05) is 6.92 Å². The highest BCUT2D eigenvalue weighted by molar-refractivity contribution is 5.79. The highest BCUT2D eigenvalue weighted by atomic mass is 16.2. The van der Waals surface area contributed by atoms with Crippen LogP contribution in [0.15, 0.2) is 6.20 Å². The molecule has 1 N–H and O–H groups in total. The molecule has 1 heterocycles. The number of aromatic nitrogens is 3. The molecule has 0 spiro atoms. The van der Waals surface area contributed by atoms with Crippen molar-refractivity contribution in [3.8, 4) is 0 Å². The largest absolute Gasteiger partial charge is 0.347 e. The average Bonchev–Trinajstić information content (AvgIpc) is 2.72. The number of carbonyl (C=O) groups excluding carboxylic acids is 1. The lowest BCUT2D eigenvalue weighted by Gasteiger charge is -2.16. The maximum absolute atomic E-state index is 11.7. The number of nitrogens with zero attached hydrogens (tertiary/aromatic N) is 4. The molecule has 6 heteroatoms. The van der Waals surface area contributed by atoms with Crippen LogP contribution < -0.4 is 5.32 Å². The van der Waals surface area contributed by atoms with Crippen LogP contribution in [0.3, 0.4) is 0 Å². The Morgan fingerprint density at radius 1 is 1.47 bits per heavy atom. The third-order valence-corrected chi connectivity index (χ3v) is 2.44. The van der Waals surface area contributed by atoms with Crippen LogP contribution in [-0.2, 0) is 11.3 Å². The molecule has 0 saturated heterocycles. The number of hydrogen-bond donors (Lipinski definition) is 1. The van der Waals surface area contributed by atoms with Crippen LogP contribution in [0.4, 0.5) is 0 Å². The highest BCUT2D eigenvalue weighted by Gasteiger charge is 2.18. The molecule has 0 aliphatic carbocycles. The Morgan fingerprint density at radius 2 is 2.12 bits per heavy atom. The fourth-order valence-electron chi connectivity index (χ4n) is 1.38. The van der Waals surface area contributed by atoms with Crippen molar-refractivity contribution in [1.82, 2.24) is 25.2 Å². The van der Waals surface area contributed by atoms with Crippen molar-refractivity contribution >= 4 is 5.91 Å². The number of carbonyl (C=O) groups is 1. The van der Waals surface area contributed by atoms with Gasteiger partial charge in [-0.05, 0) is 6.92 Å². The van der Waals surface area contributed by atoms with E-state index in [1.54, 1.807) is 29.9 Å². The lowest BCUT2D eigenvalue weighted by Crippen LogP contribution is -2.30. The Hall–Kier alpha value is -1.43. The van der Waals surface area contributed by atoms with Gasteiger partial charge < -0.3 is 10.2 Å². The monoisotopic (exact) mass is 239 g/mol. The number of likely N-dealkylation sites (N-methyl/N-ethyl adjacent to an activating group) is 1. The van der Waals surface area contributed by atoms with Gasteiger partial charge in [-0.25, -0.2) is 4.68 Å². The standard InChI is InChI=1S/C11H21N5O/c1-8(2)12-6-10-7-16(14-13-10)9(3)11(17)15(4)5/h7-9,12H,6H2,1-5H3. The molecule has 0 saturated carbocycles. The first-order valence-electron chi connectivity index (χ1n) is 5.77. The third-order valence-electron chi connectivity index (χ3n) is 2.44. The molecular weight excluding hydrogens is 218 g/mol. The first-order chi connectivity index (χ1) is 7.91. The highest BCUT2D eigenvalue weighted by Crippen LogP contribution is 2.07. The predicted octanol–water partition coefficient (Wildman–Crippen LogP) is 0.425. The summed E-state index contributed by atoms with van der Waals surface area (Å²) in [6, 6.07) is 0.0891. The second kappa shape index (κ2) is 5.77. The van der Waals surface area contributed by atoms with E-state index in [2.05, 4.69) is 29.5 Å². The van der Waals surface area contributed by atoms with Crippen LogP contribution >= 0.6 is 0 Å². The molecule has 0 aromatic carbocycles. The van der Waals surface area contributed by atoms with E-state index >= 15 is 0 Å². The van der Waals surface area contributed by atoms with Crippen LogP contribution in [0.25, 0.3) is 0 Å². The Morgan fingerprint density at radius 3 is 2.65 bits per heavy atom. The maximum Gasteiger partial charge on any atom is 0.246 e. The van der Waals surface area contributed by atoms with E-state index in [4.69, 9.17) is 0 Å². The summed E-state index contributed by atoms with van der Waals surface area (Å²) >= 11 is 0. The molecule has 0 bridgehead atoms. The summed E-state index contributed by atoms with van der Waals surface area (Å²) in [5, 5.41) is 11.3. The van der Waals surface area contributed by atoms with Gasteiger partial charge in [-0.1, -0.05) is 19.1 Å². The summed E-state index contributed by atoms with van der Waals surface area (Å²) in [6.45, 7) is 6.63. The van der Waals surface area contributed by atoms with Gasteiger partial charge in [-0.15, -0.1) is 5.10 Å². The van der Waals surface area contributed by atoms with Gasteiger partial charge in [-0.3, -0.25) is 4.79 Å². The van der Waals surface area contributed by atoms with Crippen molar-refractivity contribution < 1.29 is 4.79 Å². The molecule has 1 aromatic rings. The van der Waals surface area contributed by atoms with Gasteiger partial charge in [0, 0.05) is 26.7 Å². The van der Waals surface area contributed by atoms with E-state index in [1.165, 1.54) is 0 Å². The zero-order valence-electron chi connectivity index (χ0n) is 11.1. The van der Waals surface area contributed by atoms with Gasteiger partial charge in [0.25, 0.3) is 0 Å². The van der Waals surface area contributed by atoms with Crippen LogP contribution in [0, 0.1) is 0 Å². The predicted molar refractivity (Wildman–Crippen MR) is 65.4 cm³/mol. The molecule has 1 aromatic heterocycles. The quantitative estimate of drug-likeness (QED) is 0.809. The molecule has 0 aliphatic rings. The molecule has 0 fully saturated rings. The van der Waals surface area contributed by atoms with Gasteiger partial charge in [-0.2, -0.15) is 0 Å². The summed E-state index contributed by atoms with van der Waals surface area (Å²) in [6.07, 6.45) is 1.81. The SMILES string of the molecule is CC(C)NCc1cn(C(C)C(=O)N(C)C)nn1. The van der Waals surface area contributed by atoms with Crippen LogP contribution in [0.2, 0.25) is 0 Å². The molecule has 0 radical (unpaired) electrons. The summed E-state index contributed by atoms with van der Waals surface area (Å²) in [5.41, 5.74) is 0.845. The van der Waals surface area contributed by atoms with Crippen LogP contribution in [0.1, 0.15) is 32.5 Å². The second-order valence-electron chi connectivity index (χ2n) is 4.63. The molecule has 96 valence electrons. The van der Waals surface area contributed by atoms with E-state index in [0.717, 1.165) is 5.69 Å². The van der Waals surface area contributed by atoms with E-state index in [-0.39, 0.29) is 11.9 Å². The smallest absolute Gasteiger partial charge is 0.246 e. The Bertz CT molecular complexity index is 372. The first kappa shape index (κ1) is 13.6. The van der Waals surface area contributed by atoms with E-state index in [0.29, 0.717) is 12.6 Å². The van der Waals surface area contributed by atoms with Crippen molar-refractivity contribution in [2.45, 2.75) is 39.4 Å². The Labute approximate surface area is 102 Å². The first-order valence-corrected chi connectivity index (χ1v) is 5.77. The van der Waals surface area contributed by atoms with Crippen molar-refractivity contribution in [3.63, 3.8) is 0 Å². The van der Waals surface area contributed by atoms with Crippen molar-refractivity contribution in [3.05, 3.63) is 11.9 Å². The van der Waals surface area contributed by atoms with Crippen molar-refractivity contribution in [2.75, 3.05) is 14.1 Å². The summed E-state index contributed by atoms with van der Waals surface area (Å²) < 4.78 is 1.60. The molecule has 1 atom stereocenters. The fraction of sp³-hybridized carbons (Fsp3) is 0.727. The van der Waals surface area contributed by atoms with Gasteiger partial charge in [0.15, 0.2) is 0 Å². The summed E-state index contributed by atoms with van der Waals surface area (Å²) in [5.74, 6) is 0.0123. The molecule has 1 unspecified atom stereocenters. The Kier molecular flexibility index (Phi) is 4.62. The van der Waals surface area contributed by atoms with Gasteiger partial charge in [0.05, 0.1) is 11.9 Å². The number of hydrogen-bond acceptors (Lipinski definition) is 4. The number of amides is 1. The van der Waals surface area contributed by atoms with Gasteiger partial charge >= 0.3 is 0 Å². The maximum atomic E-state index is 11.7. The third kappa shape index (κ3) is 3.81. The molecule has 1 amide bonds. The minimum absolute atomic E-state index is 0.0123. The average molecular weight is 239 g/mol. The van der Waals surface area contributed by atoms with Crippen molar-refractivity contribution in [2.24, 2.45) is 0 Å². The molecule has 1 rings (SSSR count). The Balaban J connectivity index is 2.64.